The van der Waals surface area contributed by atoms with Gasteiger partial charge in [-0.25, -0.2) is 14.2 Å². The second-order valence-corrected chi connectivity index (χ2v) is 4.66. The molecule has 1 heterocycles. The van der Waals surface area contributed by atoms with E-state index in [1.165, 1.54) is 30.5 Å². The zero-order valence-electron chi connectivity index (χ0n) is 11.8. The van der Waals surface area contributed by atoms with Crippen molar-refractivity contribution in [2.24, 2.45) is 0 Å². The van der Waals surface area contributed by atoms with Crippen molar-refractivity contribution in [3.8, 4) is 23.0 Å². The summed E-state index contributed by atoms with van der Waals surface area (Å²) in [6.07, 6.45) is 1.52. The molecule has 0 unspecified atom stereocenters. The second kappa shape index (κ2) is 6.23. The minimum Gasteiger partial charge on any atom is -0.478 e. The van der Waals surface area contributed by atoms with Crippen LogP contribution in [0.15, 0.2) is 60.8 Å². The molecule has 3 rings (SSSR count). The van der Waals surface area contributed by atoms with E-state index in [0.717, 1.165) is 0 Å². The van der Waals surface area contributed by atoms with Gasteiger partial charge in [-0.15, -0.1) is 0 Å². The molecule has 0 aliphatic heterocycles. The van der Waals surface area contributed by atoms with E-state index >= 15 is 0 Å². The van der Waals surface area contributed by atoms with Gasteiger partial charge in [0.1, 0.15) is 11.6 Å². The Balaban J connectivity index is 1.87. The van der Waals surface area contributed by atoms with Gasteiger partial charge in [-0.1, -0.05) is 6.07 Å². The minimum absolute atomic E-state index is 0.121. The van der Waals surface area contributed by atoms with Gasteiger partial charge in [0.15, 0.2) is 5.82 Å². The highest BCUT2D eigenvalue weighted by molar-refractivity contribution is 5.88. The van der Waals surface area contributed by atoms with E-state index in [4.69, 9.17) is 9.84 Å². The first-order chi connectivity index (χ1) is 11.1. The zero-order valence-corrected chi connectivity index (χ0v) is 11.8. The molecule has 23 heavy (non-hydrogen) atoms. The molecular formula is C17H11FN2O3. The Hall–Kier alpha value is -3.28. The molecule has 0 amide bonds. The van der Waals surface area contributed by atoms with Crippen LogP contribution in [0.2, 0.25) is 0 Å². The Labute approximate surface area is 131 Å². The predicted molar refractivity (Wildman–Crippen MR) is 80.9 cm³/mol. The number of carboxylic acids is 1. The smallest absolute Gasteiger partial charge is 0.335 e. The molecule has 114 valence electrons. The molecule has 1 aromatic heterocycles. The van der Waals surface area contributed by atoms with Crippen molar-refractivity contribution in [3.05, 3.63) is 72.2 Å². The highest BCUT2D eigenvalue weighted by Gasteiger charge is 2.07. The molecule has 0 fully saturated rings. The molecule has 3 aromatic rings. The zero-order chi connectivity index (χ0) is 16.2. The molecule has 5 nitrogen and oxygen atoms in total. The summed E-state index contributed by atoms with van der Waals surface area (Å²) in [6, 6.07) is 13.4. The topological polar surface area (TPSA) is 72.3 Å². The van der Waals surface area contributed by atoms with Crippen molar-refractivity contribution in [2.45, 2.75) is 0 Å². The summed E-state index contributed by atoms with van der Waals surface area (Å²) in [5.41, 5.74) is 0.770. The molecule has 0 aliphatic carbocycles. The lowest BCUT2D eigenvalue weighted by atomic mass is 10.2. The first kappa shape index (κ1) is 14.6. The van der Waals surface area contributed by atoms with Crippen LogP contribution in [-0.4, -0.2) is 21.0 Å². The molecular weight excluding hydrogens is 299 g/mol. The third-order valence-corrected chi connectivity index (χ3v) is 3.04. The number of rotatable bonds is 4. The molecule has 0 atom stereocenters. The maximum absolute atomic E-state index is 13.0. The van der Waals surface area contributed by atoms with Crippen LogP contribution in [0, 0.1) is 5.82 Å². The highest BCUT2D eigenvalue weighted by Crippen LogP contribution is 2.23. The van der Waals surface area contributed by atoms with Crippen molar-refractivity contribution in [3.63, 3.8) is 0 Å². The molecule has 2 aromatic carbocycles. The van der Waals surface area contributed by atoms with Crippen LogP contribution < -0.4 is 4.74 Å². The van der Waals surface area contributed by atoms with E-state index in [2.05, 4.69) is 9.97 Å². The van der Waals surface area contributed by atoms with E-state index < -0.39 is 5.97 Å². The fraction of sp³-hybridized carbons (Fsp3) is 0. The Morgan fingerprint density at radius 2 is 1.87 bits per heavy atom. The fourth-order valence-electron chi connectivity index (χ4n) is 1.95. The van der Waals surface area contributed by atoms with Gasteiger partial charge in [-0.2, -0.15) is 4.98 Å². The molecule has 0 bridgehead atoms. The quantitative estimate of drug-likeness (QED) is 0.794. The normalized spacial score (nSPS) is 10.3. The van der Waals surface area contributed by atoms with Gasteiger partial charge in [-0.3, -0.25) is 0 Å². The lowest BCUT2D eigenvalue weighted by Gasteiger charge is -2.07. The van der Waals surface area contributed by atoms with Crippen molar-refractivity contribution in [1.29, 1.82) is 0 Å². The lowest BCUT2D eigenvalue weighted by molar-refractivity contribution is 0.0696. The van der Waals surface area contributed by atoms with Gasteiger partial charge in [0.25, 0.3) is 0 Å². The molecule has 0 saturated heterocycles. The fourth-order valence-corrected chi connectivity index (χ4v) is 1.95. The summed E-state index contributed by atoms with van der Waals surface area (Å²) in [5.74, 6) is -0.371. The molecule has 0 aliphatic rings. The average Bonchev–Trinajstić information content (AvgIpc) is 2.56. The summed E-state index contributed by atoms with van der Waals surface area (Å²) < 4.78 is 18.5. The molecule has 0 radical (unpaired) electrons. The van der Waals surface area contributed by atoms with E-state index in [0.29, 0.717) is 17.1 Å². The number of halogens is 1. The Morgan fingerprint density at radius 3 is 2.61 bits per heavy atom. The number of ether oxygens (including phenoxy) is 1. The third-order valence-electron chi connectivity index (χ3n) is 3.04. The van der Waals surface area contributed by atoms with E-state index in [1.807, 2.05) is 0 Å². The van der Waals surface area contributed by atoms with E-state index in [9.17, 15) is 9.18 Å². The monoisotopic (exact) mass is 310 g/mol. The highest BCUT2D eigenvalue weighted by atomic mass is 19.1. The third kappa shape index (κ3) is 3.49. The minimum atomic E-state index is -1.04. The number of nitrogens with zero attached hydrogens (tertiary/aromatic N) is 2. The van der Waals surface area contributed by atoms with Crippen LogP contribution in [0.3, 0.4) is 0 Å². The molecule has 6 heteroatoms. The van der Waals surface area contributed by atoms with Crippen molar-refractivity contribution < 1.29 is 19.0 Å². The SMILES string of the molecule is O=C(O)c1cccc(Oc2ccnc(-c3ccc(F)cc3)n2)c1. The summed E-state index contributed by atoms with van der Waals surface area (Å²) in [6.45, 7) is 0. The van der Waals surface area contributed by atoms with E-state index in [1.54, 1.807) is 30.3 Å². The summed E-state index contributed by atoms with van der Waals surface area (Å²) >= 11 is 0. The van der Waals surface area contributed by atoms with Crippen LogP contribution in [0.25, 0.3) is 11.4 Å². The number of aromatic carboxylic acids is 1. The largest absolute Gasteiger partial charge is 0.478 e. The lowest BCUT2D eigenvalue weighted by Crippen LogP contribution is -1.97. The van der Waals surface area contributed by atoms with Gasteiger partial charge < -0.3 is 9.84 Å². The van der Waals surface area contributed by atoms with Gasteiger partial charge >= 0.3 is 5.97 Å². The van der Waals surface area contributed by atoms with Gasteiger partial charge in [0.2, 0.25) is 5.88 Å². The van der Waals surface area contributed by atoms with Crippen LogP contribution in [0.1, 0.15) is 10.4 Å². The van der Waals surface area contributed by atoms with Gasteiger partial charge in [0, 0.05) is 17.8 Å². The van der Waals surface area contributed by atoms with Crippen LogP contribution in [0.5, 0.6) is 11.6 Å². The summed E-state index contributed by atoms with van der Waals surface area (Å²) in [7, 11) is 0. The number of carbonyl (C=O) groups is 1. The first-order valence-electron chi connectivity index (χ1n) is 6.72. The number of hydrogen-bond donors (Lipinski definition) is 1. The van der Waals surface area contributed by atoms with Crippen LogP contribution in [-0.2, 0) is 0 Å². The predicted octanol–water partition coefficient (Wildman–Crippen LogP) is 3.77. The molecule has 1 N–H and O–H groups in total. The van der Waals surface area contributed by atoms with Crippen molar-refractivity contribution in [2.75, 3.05) is 0 Å². The average molecular weight is 310 g/mol. The number of hydrogen-bond acceptors (Lipinski definition) is 4. The Kier molecular flexibility index (Phi) is 3.97. The number of benzene rings is 2. The molecule has 0 spiro atoms. The number of aromatic nitrogens is 2. The van der Waals surface area contributed by atoms with Gasteiger partial charge in [-0.05, 0) is 42.5 Å². The van der Waals surface area contributed by atoms with Crippen molar-refractivity contribution >= 4 is 5.97 Å². The van der Waals surface area contributed by atoms with Crippen molar-refractivity contribution in [1.82, 2.24) is 9.97 Å². The van der Waals surface area contributed by atoms with Crippen LogP contribution >= 0.6 is 0 Å². The maximum atomic E-state index is 13.0. The molecule has 0 saturated carbocycles. The van der Waals surface area contributed by atoms with Gasteiger partial charge in [0.05, 0.1) is 5.56 Å². The Morgan fingerprint density at radius 1 is 1.09 bits per heavy atom. The first-order valence-corrected chi connectivity index (χ1v) is 6.72. The summed E-state index contributed by atoms with van der Waals surface area (Å²) in [4.78, 5) is 19.3. The van der Waals surface area contributed by atoms with Crippen LogP contribution in [0.4, 0.5) is 4.39 Å². The Bertz CT molecular complexity index is 850. The maximum Gasteiger partial charge on any atom is 0.335 e. The van der Waals surface area contributed by atoms with E-state index in [-0.39, 0.29) is 17.3 Å². The second-order valence-electron chi connectivity index (χ2n) is 4.66. The summed E-state index contributed by atoms with van der Waals surface area (Å²) in [5, 5.41) is 8.98. The standard InChI is InChI=1S/C17H11FN2O3/c18-13-6-4-11(5-7-13)16-19-9-8-15(20-16)23-14-3-1-2-12(10-14)17(21)22/h1-10H,(H,21,22). The number of carboxylic acid groups (broad SMARTS) is 1.